The number of rotatable bonds is 4. The molecule has 2 rings (SSSR count). The van der Waals surface area contributed by atoms with Crippen LogP contribution in [0.15, 0.2) is 42.5 Å². The van der Waals surface area contributed by atoms with Crippen molar-refractivity contribution in [2.45, 2.75) is 6.54 Å². The van der Waals surface area contributed by atoms with E-state index in [1.54, 1.807) is 38.4 Å². The van der Waals surface area contributed by atoms with E-state index in [0.29, 0.717) is 17.1 Å². The van der Waals surface area contributed by atoms with E-state index in [0.717, 1.165) is 11.3 Å². The molecule has 0 spiro atoms. The molecule has 3 nitrogen and oxygen atoms in total. The lowest BCUT2D eigenvalue weighted by atomic mass is 10.1. The van der Waals surface area contributed by atoms with Crippen molar-refractivity contribution in [1.29, 1.82) is 0 Å². The van der Waals surface area contributed by atoms with Crippen LogP contribution in [0.4, 0.5) is 10.1 Å². The second-order valence-corrected chi connectivity index (χ2v) is 5.28. The van der Waals surface area contributed by atoms with Crippen LogP contribution in [0.3, 0.4) is 0 Å². The van der Waals surface area contributed by atoms with E-state index < -0.39 is 0 Å². The van der Waals surface area contributed by atoms with Crippen LogP contribution in [-0.2, 0) is 6.54 Å². The summed E-state index contributed by atoms with van der Waals surface area (Å²) in [6.45, 7) is 0.467. The molecule has 0 aliphatic heterocycles. The van der Waals surface area contributed by atoms with Gasteiger partial charge in [0.15, 0.2) is 0 Å². The second kappa shape index (κ2) is 6.59. The van der Waals surface area contributed by atoms with Gasteiger partial charge in [0.05, 0.1) is 10.6 Å². The van der Waals surface area contributed by atoms with Crippen molar-refractivity contribution < 1.29 is 9.18 Å². The molecule has 110 valence electrons. The van der Waals surface area contributed by atoms with Crippen LogP contribution >= 0.6 is 11.6 Å². The molecule has 0 aromatic heterocycles. The lowest BCUT2D eigenvalue weighted by Crippen LogP contribution is -2.22. The van der Waals surface area contributed by atoms with Crippen LogP contribution < -0.4 is 5.32 Å². The number of nitrogens with zero attached hydrogens (tertiary/aromatic N) is 1. The highest BCUT2D eigenvalue weighted by Crippen LogP contribution is 2.22. The fourth-order valence-corrected chi connectivity index (χ4v) is 2.09. The molecule has 1 amide bonds. The van der Waals surface area contributed by atoms with E-state index in [1.807, 2.05) is 6.07 Å². The van der Waals surface area contributed by atoms with E-state index in [9.17, 15) is 9.18 Å². The van der Waals surface area contributed by atoms with Crippen LogP contribution in [0.5, 0.6) is 0 Å². The quantitative estimate of drug-likeness (QED) is 0.932. The van der Waals surface area contributed by atoms with Gasteiger partial charge < -0.3 is 10.2 Å². The van der Waals surface area contributed by atoms with Crippen molar-refractivity contribution in [2.75, 3.05) is 19.4 Å². The minimum Gasteiger partial charge on any atom is -0.381 e. The monoisotopic (exact) mass is 306 g/mol. The molecule has 0 aliphatic carbocycles. The highest BCUT2D eigenvalue weighted by Gasteiger charge is 2.13. The lowest BCUT2D eigenvalue weighted by Gasteiger charge is -2.13. The summed E-state index contributed by atoms with van der Waals surface area (Å²) in [4.78, 5) is 13.5. The predicted molar refractivity (Wildman–Crippen MR) is 83.2 cm³/mol. The molecule has 1 N–H and O–H groups in total. The van der Waals surface area contributed by atoms with Gasteiger partial charge in [-0.1, -0.05) is 23.7 Å². The average Bonchev–Trinajstić information content (AvgIpc) is 2.45. The summed E-state index contributed by atoms with van der Waals surface area (Å²) in [5.74, 6) is -0.428. The van der Waals surface area contributed by atoms with Crippen molar-refractivity contribution >= 4 is 23.2 Å². The molecule has 5 heteroatoms. The third kappa shape index (κ3) is 3.95. The van der Waals surface area contributed by atoms with Gasteiger partial charge in [-0.2, -0.15) is 0 Å². The topological polar surface area (TPSA) is 32.3 Å². The summed E-state index contributed by atoms with van der Waals surface area (Å²) in [6, 6.07) is 11.5. The number of benzene rings is 2. The predicted octanol–water partition coefficient (Wildman–Crippen LogP) is 3.79. The number of carbonyl (C=O) groups excluding carboxylic acids is 1. The summed E-state index contributed by atoms with van der Waals surface area (Å²) in [5.41, 5.74) is 2.02. The number of carbonyl (C=O) groups is 1. The molecule has 0 fully saturated rings. The summed E-state index contributed by atoms with van der Waals surface area (Å²) < 4.78 is 13.1. The Bertz CT molecular complexity index is 658. The molecular weight excluding hydrogens is 291 g/mol. The first kappa shape index (κ1) is 15.3. The first-order valence-corrected chi connectivity index (χ1v) is 6.84. The van der Waals surface area contributed by atoms with E-state index in [-0.39, 0.29) is 11.7 Å². The largest absolute Gasteiger partial charge is 0.381 e. The molecule has 2 aromatic rings. The molecule has 0 atom stereocenters. The fourth-order valence-electron chi connectivity index (χ4n) is 1.89. The maximum atomic E-state index is 13.1. The molecule has 2 aromatic carbocycles. The van der Waals surface area contributed by atoms with Crippen LogP contribution in [0.1, 0.15) is 15.9 Å². The van der Waals surface area contributed by atoms with Gasteiger partial charge in [0.25, 0.3) is 5.91 Å². The third-order valence-electron chi connectivity index (χ3n) is 2.99. The van der Waals surface area contributed by atoms with E-state index in [1.165, 1.54) is 17.0 Å². The fraction of sp³-hybridized carbons (Fsp3) is 0.188. The number of halogens is 2. The number of anilines is 1. The number of nitrogens with one attached hydrogen (secondary N) is 1. The maximum absolute atomic E-state index is 13.1. The van der Waals surface area contributed by atoms with E-state index >= 15 is 0 Å². The minimum atomic E-state index is -0.270. The van der Waals surface area contributed by atoms with Gasteiger partial charge in [-0.25, -0.2) is 4.39 Å². The van der Waals surface area contributed by atoms with Crippen molar-refractivity contribution in [3.8, 4) is 0 Å². The van der Waals surface area contributed by atoms with Crippen molar-refractivity contribution in [3.63, 3.8) is 0 Å². The zero-order valence-electron chi connectivity index (χ0n) is 11.9. The average molecular weight is 307 g/mol. The Hall–Kier alpha value is -2.07. The Morgan fingerprint density at radius 2 is 2.00 bits per heavy atom. The SMILES string of the molecule is CN(C)C(=O)c1cc(NCc2cccc(F)c2)ccc1Cl. The zero-order chi connectivity index (χ0) is 15.4. The molecule has 0 aliphatic rings. The van der Waals surface area contributed by atoms with Gasteiger partial charge >= 0.3 is 0 Å². The standard InChI is InChI=1S/C16H16ClFN2O/c1-20(2)16(21)14-9-13(6-7-15(14)17)19-10-11-4-3-5-12(18)8-11/h3-9,19H,10H2,1-2H3. The van der Waals surface area contributed by atoms with Crippen LogP contribution in [0.25, 0.3) is 0 Å². The molecule has 0 radical (unpaired) electrons. The number of hydrogen-bond donors (Lipinski definition) is 1. The molecule has 0 unspecified atom stereocenters. The van der Waals surface area contributed by atoms with Gasteiger partial charge in [0, 0.05) is 26.3 Å². The number of amides is 1. The van der Waals surface area contributed by atoms with Crippen molar-refractivity contribution in [3.05, 3.63) is 64.4 Å². The molecule has 21 heavy (non-hydrogen) atoms. The molecule has 0 saturated heterocycles. The smallest absolute Gasteiger partial charge is 0.254 e. The Labute approximate surface area is 128 Å². The minimum absolute atomic E-state index is 0.158. The van der Waals surface area contributed by atoms with E-state index in [4.69, 9.17) is 11.6 Å². The van der Waals surface area contributed by atoms with Gasteiger partial charge in [0.2, 0.25) is 0 Å². The Morgan fingerprint density at radius 3 is 2.67 bits per heavy atom. The molecule has 0 bridgehead atoms. The van der Waals surface area contributed by atoms with Gasteiger partial charge in [-0.15, -0.1) is 0 Å². The van der Waals surface area contributed by atoms with E-state index in [2.05, 4.69) is 5.32 Å². The van der Waals surface area contributed by atoms with Crippen molar-refractivity contribution in [2.24, 2.45) is 0 Å². The Kier molecular flexibility index (Phi) is 4.81. The first-order chi connectivity index (χ1) is 9.97. The van der Waals surface area contributed by atoms with Crippen LogP contribution in [0.2, 0.25) is 5.02 Å². The normalized spacial score (nSPS) is 10.3. The Morgan fingerprint density at radius 1 is 1.24 bits per heavy atom. The number of hydrogen-bond acceptors (Lipinski definition) is 2. The van der Waals surface area contributed by atoms with Gasteiger partial charge in [-0.3, -0.25) is 4.79 Å². The van der Waals surface area contributed by atoms with Crippen molar-refractivity contribution in [1.82, 2.24) is 4.90 Å². The zero-order valence-corrected chi connectivity index (χ0v) is 12.6. The lowest BCUT2D eigenvalue weighted by molar-refractivity contribution is 0.0828. The molecule has 0 heterocycles. The highest BCUT2D eigenvalue weighted by molar-refractivity contribution is 6.34. The van der Waals surface area contributed by atoms with Gasteiger partial charge in [-0.05, 0) is 35.9 Å². The second-order valence-electron chi connectivity index (χ2n) is 4.88. The maximum Gasteiger partial charge on any atom is 0.254 e. The third-order valence-corrected chi connectivity index (χ3v) is 3.32. The Balaban J connectivity index is 2.14. The van der Waals surface area contributed by atoms with Crippen LogP contribution in [-0.4, -0.2) is 24.9 Å². The summed E-state index contributed by atoms with van der Waals surface area (Å²) in [6.07, 6.45) is 0. The summed E-state index contributed by atoms with van der Waals surface area (Å²) in [7, 11) is 3.34. The van der Waals surface area contributed by atoms with Crippen LogP contribution in [0, 0.1) is 5.82 Å². The highest BCUT2D eigenvalue weighted by atomic mass is 35.5. The first-order valence-electron chi connectivity index (χ1n) is 6.47. The van der Waals surface area contributed by atoms with Gasteiger partial charge in [0.1, 0.15) is 5.82 Å². The molecular formula is C16H16ClFN2O. The molecule has 0 saturated carbocycles. The summed E-state index contributed by atoms with van der Waals surface area (Å²) in [5, 5.41) is 3.56. The summed E-state index contributed by atoms with van der Waals surface area (Å²) >= 11 is 6.05.